The van der Waals surface area contributed by atoms with Crippen LogP contribution in [0, 0.1) is 0 Å². The molecule has 0 amide bonds. The van der Waals surface area contributed by atoms with Gasteiger partial charge in [0.1, 0.15) is 22.2 Å². The van der Waals surface area contributed by atoms with Crippen molar-refractivity contribution >= 4 is 21.6 Å². The van der Waals surface area contributed by atoms with Gasteiger partial charge in [-0.05, 0) is 32.2 Å². The topological polar surface area (TPSA) is 71.4 Å². The van der Waals surface area contributed by atoms with E-state index in [-0.39, 0.29) is 11.6 Å². The number of ether oxygens (including phenoxy) is 1. The number of nitrogens with one attached hydrogen (secondary N) is 1. The summed E-state index contributed by atoms with van der Waals surface area (Å²) in [7, 11) is 3.67. The Labute approximate surface area is 166 Å². The molecule has 4 rings (SSSR count). The molecule has 0 bridgehead atoms. The maximum Gasteiger partial charge on any atom is 0.260 e. The normalized spacial score (nSPS) is 12.6. The van der Waals surface area contributed by atoms with Crippen LogP contribution in [0.3, 0.4) is 0 Å². The van der Waals surface area contributed by atoms with Crippen molar-refractivity contribution in [3.05, 3.63) is 69.8 Å². The number of furan rings is 1. The zero-order chi connectivity index (χ0) is 19.7. The van der Waals surface area contributed by atoms with E-state index in [1.807, 2.05) is 55.7 Å². The van der Waals surface area contributed by atoms with Gasteiger partial charge in [-0.25, -0.2) is 4.98 Å². The molecule has 1 atom stereocenters. The molecule has 1 N–H and O–H groups in total. The second kappa shape index (κ2) is 7.61. The van der Waals surface area contributed by atoms with E-state index < -0.39 is 0 Å². The fraction of sp³-hybridized carbons (Fsp3) is 0.238. The van der Waals surface area contributed by atoms with Crippen molar-refractivity contribution in [1.29, 1.82) is 0 Å². The summed E-state index contributed by atoms with van der Waals surface area (Å²) in [5.41, 5.74) is 1.71. The van der Waals surface area contributed by atoms with E-state index in [1.165, 1.54) is 11.3 Å². The molecular formula is C21H21N3O3S. The van der Waals surface area contributed by atoms with Crippen molar-refractivity contribution in [2.24, 2.45) is 0 Å². The van der Waals surface area contributed by atoms with Crippen molar-refractivity contribution in [3.8, 4) is 17.1 Å². The van der Waals surface area contributed by atoms with Crippen molar-refractivity contribution in [2.75, 3.05) is 14.2 Å². The predicted molar refractivity (Wildman–Crippen MR) is 111 cm³/mol. The molecule has 1 aromatic carbocycles. The average molecular weight is 395 g/mol. The van der Waals surface area contributed by atoms with Crippen LogP contribution in [-0.2, 0) is 6.54 Å². The molecule has 0 aliphatic heterocycles. The Morgan fingerprint density at radius 3 is 2.86 bits per heavy atom. The highest BCUT2D eigenvalue weighted by atomic mass is 32.1. The van der Waals surface area contributed by atoms with Crippen LogP contribution in [0.4, 0.5) is 0 Å². The van der Waals surface area contributed by atoms with E-state index in [0.29, 0.717) is 28.3 Å². The molecule has 3 heterocycles. The zero-order valence-corrected chi connectivity index (χ0v) is 16.7. The average Bonchev–Trinajstić information content (AvgIpc) is 3.37. The fourth-order valence-electron chi connectivity index (χ4n) is 3.22. The molecule has 6 nitrogen and oxygen atoms in total. The molecule has 0 saturated carbocycles. The van der Waals surface area contributed by atoms with E-state index in [4.69, 9.17) is 14.1 Å². The predicted octanol–water partition coefficient (Wildman–Crippen LogP) is 4.45. The number of methoxy groups -OCH3 is 1. The summed E-state index contributed by atoms with van der Waals surface area (Å²) >= 11 is 1.45. The first-order valence-electron chi connectivity index (χ1n) is 8.96. The van der Waals surface area contributed by atoms with Crippen LogP contribution >= 0.6 is 11.3 Å². The van der Waals surface area contributed by atoms with E-state index in [2.05, 4.69) is 9.88 Å². The number of hydrogen-bond acceptors (Lipinski definition) is 6. The third-order valence-electron chi connectivity index (χ3n) is 4.92. The number of nitrogens with zero attached hydrogens (tertiary/aromatic N) is 2. The first kappa shape index (κ1) is 18.5. The number of aromatic nitrogens is 2. The molecule has 0 aliphatic rings. The van der Waals surface area contributed by atoms with E-state index >= 15 is 0 Å². The summed E-state index contributed by atoms with van der Waals surface area (Å²) in [5.74, 6) is 2.16. The van der Waals surface area contributed by atoms with Crippen molar-refractivity contribution in [2.45, 2.75) is 19.5 Å². The number of H-pyrrole nitrogens is 1. The highest BCUT2D eigenvalue weighted by molar-refractivity contribution is 7.17. The lowest BCUT2D eigenvalue weighted by atomic mass is 10.1. The Bertz CT molecular complexity index is 1150. The summed E-state index contributed by atoms with van der Waals surface area (Å²) in [5, 5.41) is 2.49. The van der Waals surface area contributed by atoms with E-state index in [0.717, 1.165) is 16.9 Å². The summed E-state index contributed by atoms with van der Waals surface area (Å²) in [6, 6.07) is 11.5. The van der Waals surface area contributed by atoms with Gasteiger partial charge in [-0.3, -0.25) is 9.69 Å². The monoisotopic (exact) mass is 395 g/mol. The lowest BCUT2D eigenvalue weighted by molar-refractivity contribution is 0.240. The van der Waals surface area contributed by atoms with Gasteiger partial charge in [0.2, 0.25) is 0 Å². The molecule has 0 aliphatic carbocycles. The standard InChI is InChI=1S/C21H21N3O3S/c1-13(24(2)11-14-7-4-5-8-16(14)26-3)19-22-20(25)18-15(12-28-21(18)23-19)17-9-6-10-27-17/h4-10,12-13H,11H2,1-3H3,(H,22,23,25)/t13-/m0/s1. The molecule has 0 radical (unpaired) electrons. The minimum atomic E-state index is -0.148. The molecule has 0 spiro atoms. The van der Waals surface area contributed by atoms with Crippen LogP contribution < -0.4 is 10.3 Å². The van der Waals surface area contributed by atoms with Gasteiger partial charge < -0.3 is 14.1 Å². The van der Waals surface area contributed by atoms with Gasteiger partial charge in [-0.15, -0.1) is 11.3 Å². The number of aromatic amines is 1. The minimum Gasteiger partial charge on any atom is -0.496 e. The quantitative estimate of drug-likeness (QED) is 0.522. The molecular weight excluding hydrogens is 374 g/mol. The molecule has 3 aromatic heterocycles. The molecule has 0 fully saturated rings. The highest BCUT2D eigenvalue weighted by Crippen LogP contribution is 2.32. The molecule has 0 unspecified atom stereocenters. The second-order valence-corrected chi connectivity index (χ2v) is 7.52. The number of para-hydroxylation sites is 1. The number of fused-ring (bicyclic) bond motifs is 1. The number of rotatable bonds is 6. The summed E-state index contributed by atoms with van der Waals surface area (Å²) in [6.07, 6.45) is 1.60. The Hall–Kier alpha value is -2.90. The molecule has 7 heteroatoms. The Kier molecular flexibility index (Phi) is 5.02. The van der Waals surface area contributed by atoms with Crippen LogP contribution in [0.5, 0.6) is 5.75 Å². The second-order valence-electron chi connectivity index (χ2n) is 6.66. The highest BCUT2D eigenvalue weighted by Gasteiger charge is 2.20. The van der Waals surface area contributed by atoms with E-state index in [9.17, 15) is 4.79 Å². The van der Waals surface area contributed by atoms with Crippen molar-refractivity contribution in [1.82, 2.24) is 14.9 Å². The van der Waals surface area contributed by atoms with Crippen LogP contribution in [0.1, 0.15) is 24.4 Å². The third-order valence-corrected chi connectivity index (χ3v) is 5.79. The lowest BCUT2D eigenvalue weighted by Gasteiger charge is -2.24. The molecule has 28 heavy (non-hydrogen) atoms. The van der Waals surface area contributed by atoms with Crippen molar-refractivity contribution < 1.29 is 9.15 Å². The largest absolute Gasteiger partial charge is 0.496 e. The molecule has 144 valence electrons. The van der Waals surface area contributed by atoms with Gasteiger partial charge in [-0.1, -0.05) is 18.2 Å². The van der Waals surface area contributed by atoms with Crippen LogP contribution in [0.15, 0.2) is 57.3 Å². The first-order chi connectivity index (χ1) is 13.6. The van der Waals surface area contributed by atoms with E-state index in [1.54, 1.807) is 13.4 Å². The zero-order valence-electron chi connectivity index (χ0n) is 15.9. The lowest BCUT2D eigenvalue weighted by Crippen LogP contribution is -2.26. The van der Waals surface area contributed by atoms with Gasteiger partial charge in [0.15, 0.2) is 0 Å². The van der Waals surface area contributed by atoms with Gasteiger partial charge in [0, 0.05) is 23.1 Å². The Morgan fingerprint density at radius 2 is 2.11 bits per heavy atom. The summed E-state index contributed by atoms with van der Waals surface area (Å²) < 4.78 is 10.9. The maximum atomic E-state index is 12.8. The Balaban J connectivity index is 1.64. The number of benzene rings is 1. The van der Waals surface area contributed by atoms with Crippen LogP contribution in [0.2, 0.25) is 0 Å². The maximum absolute atomic E-state index is 12.8. The summed E-state index contributed by atoms with van der Waals surface area (Å²) in [6.45, 7) is 2.70. The first-order valence-corrected chi connectivity index (χ1v) is 9.84. The van der Waals surface area contributed by atoms with Crippen LogP contribution in [0.25, 0.3) is 21.5 Å². The number of thiophene rings is 1. The molecule has 0 saturated heterocycles. The van der Waals surface area contributed by atoms with Gasteiger partial charge in [0.25, 0.3) is 5.56 Å². The fourth-order valence-corrected chi connectivity index (χ4v) is 4.16. The smallest absolute Gasteiger partial charge is 0.260 e. The van der Waals surface area contributed by atoms with Crippen molar-refractivity contribution in [3.63, 3.8) is 0 Å². The van der Waals surface area contributed by atoms with Gasteiger partial charge >= 0.3 is 0 Å². The van der Waals surface area contributed by atoms with Gasteiger partial charge in [0.05, 0.1) is 24.8 Å². The number of hydrogen-bond donors (Lipinski definition) is 1. The minimum absolute atomic E-state index is 0.0730. The Morgan fingerprint density at radius 1 is 1.29 bits per heavy atom. The third kappa shape index (κ3) is 3.34. The summed E-state index contributed by atoms with van der Waals surface area (Å²) in [4.78, 5) is 23.3. The van der Waals surface area contributed by atoms with Gasteiger partial charge in [-0.2, -0.15) is 0 Å². The molecule has 4 aromatic rings. The SMILES string of the molecule is COc1ccccc1CN(C)[C@@H](C)c1nc2scc(-c3ccco3)c2c(=O)[nH]1. The van der Waals surface area contributed by atoms with Crippen LogP contribution in [-0.4, -0.2) is 29.0 Å².